The minimum absolute atomic E-state index is 0.210. The Morgan fingerprint density at radius 2 is 1.82 bits per heavy atom. The van der Waals surface area contributed by atoms with Crippen LogP contribution in [0.2, 0.25) is 0 Å². The minimum Gasteiger partial charge on any atom is -0.381 e. The van der Waals surface area contributed by atoms with E-state index in [0.717, 1.165) is 45.1 Å². The molecule has 0 bridgehead atoms. The summed E-state index contributed by atoms with van der Waals surface area (Å²) in [6, 6.07) is 0. The smallest absolute Gasteiger partial charge is 0.201 e. The summed E-state index contributed by atoms with van der Waals surface area (Å²) in [6.45, 7) is 5.32. The van der Waals surface area contributed by atoms with Crippen molar-refractivity contribution in [3.8, 4) is 0 Å². The summed E-state index contributed by atoms with van der Waals surface area (Å²) < 4.78 is 5.37. The highest BCUT2D eigenvalue weighted by atomic mass is 16.5. The first-order chi connectivity index (χ1) is 8.38. The van der Waals surface area contributed by atoms with E-state index in [1.165, 1.54) is 32.2 Å². The fourth-order valence-corrected chi connectivity index (χ4v) is 2.91. The van der Waals surface area contributed by atoms with Gasteiger partial charge in [-0.3, -0.25) is 4.79 Å². The molecule has 97 valence electrons. The second-order valence-corrected chi connectivity index (χ2v) is 5.43. The Hall–Kier alpha value is -0.410. The van der Waals surface area contributed by atoms with E-state index in [2.05, 4.69) is 11.2 Å². The first kappa shape index (κ1) is 13.0. The standard InChI is InChI=1S/C14H24NO2/c16-12-14-3-8-15(9-4-14)7-1-2-13-5-10-17-11-6-13/h13-14H,1-11H2. The zero-order chi connectivity index (χ0) is 11.9. The molecule has 2 heterocycles. The van der Waals surface area contributed by atoms with Crippen LogP contribution in [0, 0.1) is 11.8 Å². The van der Waals surface area contributed by atoms with Gasteiger partial charge < -0.3 is 9.64 Å². The third-order valence-corrected chi connectivity index (χ3v) is 4.18. The highest BCUT2D eigenvalue weighted by molar-refractivity contribution is 5.54. The van der Waals surface area contributed by atoms with E-state index >= 15 is 0 Å². The third-order valence-electron chi connectivity index (χ3n) is 4.18. The molecule has 2 rings (SSSR count). The van der Waals surface area contributed by atoms with Crippen LogP contribution in [0.3, 0.4) is 0 Å². The van der Waals surface area contributed by atoms with Crippen molar-refractivity contribution < 1.29 is 9.53 Å². The van der Waals surface area contributed by atoms with Crippen LogP contribution >= 0.6 is 0 Å². The normalized spacial score (nSPS) is 24.9. The topological polar surface area (TPSA) is 29.5 Å². The van der Waals surface area contributed by atoms with Gasteiger partial charge >= 0.3 is 0 Å². The first-order valence-corrected chi connectivity index (χ1v) is 7.06. The van der Waals surface area contributed by atoms with Crippen LogP contribution in [-0.2, 0) is 9.53 Å². The number of carbonyl (C=O) groups excluding carboxylic acids is 1. The van der Waals surface area contributed by atoms with Gasteiger partial charge in [-0.2, -0.15) is 0 Å². The molecule has 0 N–H and O–H groups in total. The van der Waals surface area contributed by atoms with Gasteiger partial charge in [0.2, 0.25) is 6.29 Å². The molecule has 0 aromatic heterocycles. The lowest BCUT2D eigenvalue weighted by atomic mass is 9.94. The van der Waals surface area contributed by atoms with Crippen LogP contribution < -0.4 is 0 Å². The largest absolute Gasteiger partial charge is 0.381 e. The van der Waals surface area contributed by atoms with Crippen LogP contribution in [0.4, 0.5) is 0 Å². The molecule has 0 aliphatic carbocycles. The molecule has 0 amide bonds. The lowest BCUT2D eigenvalue weighted by Crippen LogP contribution is -2.35. The van der Waals surface area contributed by atoms with Gasteiger partial charge in [0.1, 0.15) is 0 Å². The Balaban J connectivity index is 1.54. The summed E-state index contributed by atoms with van der Waals surface area (Å²) in [5.41, 5.74) is 0. The Labute approximate surface area is 105 Å². The fraction of sp³-hybridized carbons (Fsp3) is 0.929. The molecule has 0 spiro atoms. The van der Waals surface area contributed by atoms with E-state index < -0.39 is 0 Å². The predicted octanol–water partition coefficient (Wildman–Crippen LogP) is 2.01. The Kier molecular flexibility index (Phi) is 5.46. The lowest BCUT2D eigenvalue weighted by molar-refractivity contribution is 0.0619. The van der Waals surface area contributed by atoms with Crippen LogP contribution in [0.5, 0.6) is 0 Å². The highest BCUT2D eigenvalue weighted by Crippen LogP contribution is 2.21. The molecule has 2 aliphatic heterocycles. The lowest BCUT2D eigenvalue weighted by Gasteiger charge is -2.30. The summed E-state index contributed by atoms with van der Waals surface area (Å²) in [5, 5.41) is 0. The van der Waals surface area contributed by atoms with Crippen LogP contribution in [0.1, 0.15) is 38.5 Å². The molecule has 17 heavy (non-hydrogen) atoms. The maximum atomic E-state index is 10.5. The van der Waals surface area contributed by atoms with Crippen molar-refractivity contribution in [3.05, 3.63) is 0 Å². The van der Waals surface area contributed by atoms with Gasteiger partial charge in [-0.25, -0.2) is 0 Å². The molecule has 0 saturated carbocycles. The zero-order valence-electron chi connectivity index (χ0n) is 10.7. The number of nitrogens with zero attached hydrogens (tertiary/aromatic N) is 1. The molecule has 2 saturated heterocycles. The average Bonchev–Trinajstić information content (AvgIpc) is 2.41. The van der Waals surface area contributed by atoms with Gasteiger partial charge in [0.15, 0.2) is 0 Å². The Morgan fingerprint density at radius 1 is 1.12 bits per heavy atom. The van der Waals surface area contributed by atoms with Crippen molar-refractivity contribution in [2.75, 3.05) is 32.8 Å². The number of ether oxygens (including phenoxy) is 1. The van der Waals surface area contributed by atoms with Crippen molar-refractivity contribution in [2.45, 2.75) is 38.5 Å². The minimum atomic E-state index is 0.210. The maximum Gasteiger partial charge on any atom is 0.201 e. The van der Waals surface area contributed by atoms with Crippen LogP contribution in [0.25, 0.3) is 0 Å². The summed E-state index contributed by atoms with van der Waals surface area (Å²) >= 11 is 0. The molecular weight excluding hydrogens is 214 g/mol. The summed E-state index contributed by atoms with van der Waals surface area (Å²) in [4.78, 5) is 13.0. The molecular formula is C14H24NO2. The van der Waals surface area contributed by atoms with Crippen molar-refractivity contribution >= 4 is 6.29 Å². The fourth-order valence-electron chi connectivity index (χ4n) is 2.91. The van der Waals surface area contributed by atoms with E-state index in [1.807, 2.05) is 0 Å². The average molecular weight is 238 g/mol. The molecule has 0 atom stereocenters. The van der Waals surface area contributed by atoms with E-state index in [4.69, 9.17) is 4.74 Å². The molecule has 2 fully saturated rings. The van der Waals surface area contributed by atoms with Crippen LogP contribution in [0.15, 0.2) is 0 Å². The SMILES string of the molecule is O=[C]C1CCN(CCCC2CCOCC2)CC1. The number of likely N-dealkylation sites (tertiary alicyclic amines) is 1. The molecule has 3 heteroatoms. The summed E-state index contributed by atoms with van der Waals surface area (Å²) in [5.74, 6) is 1.10. The Bertz CT molecular complexity index is 218. The van der Waals surface area contributed by atoms with Crippen molar-refractivity contribution in [1.29, 1.82) is 0 Å². The molecule has 3 nitrogen and oxygen atoms in total. The quantitative estimate of drug-likeness (QED) is 0.734. The highest BCUT2D eigenvalue weighted by Gasteiger charge is 2.19. The number of rotatable bonds is 5. The van der Waals surface area contributed by atoms with Gasteiger partial charge in [0.05, 0.1) is 0 Å². The summed E-state index contributed by atoms with van der Waals surface area (Å²) in [7, 11) is 0. The maximum absolute atomic E-state index is 10.5. The zero-order valence-corrected chi connectivity index (χ0v) is 10.7. The summed E-state index contributed by atoms with van der Waals surface area (Å²) in [6.07, 6.45) is 9.33. The monoisotopic (exact) mass is 238 g/mol. The molecule has 1 radical (unpaired) electrons. The van der Waals surface area contributed by atoms with E-state index in [0.29, 0.717) is 0 Å². The van der Waals surface area contributed by atoms with E-state index in [1.54, 1.807) is 0 Å². The molecule has 2 aliphatic rings. The van der Waals surface area contributed by atoms with Gasteiger partial charge in [-0.05, 0) is 64.1 Å². The van der Waals surface area contributed by atoms with Crippen molar-refractivity contribution in [3.63, 3.8) is 0 Å². The third kappa shape index (κ3) is 4.40. The molecule has 0 aromatic rings. The number of hydrogen-bond donors (Lipinski definition) is 0. The van der Waals surface area contributed by atoms with Gasteiger partial charge in [0, 0.05) is 19.1 Å². The van der Waals surface area contributed by atoms with E-state index in [-0.39, 0.29) is 5.92 Å². The second-order valence-electron chi connectivity index (χ2n) is 5.43. The molecule has 0 unspecified atom stereocenters. The predicted molar refractivity (Wildman–Crippen MR) is 67.6 cm³/mol. The van der Waals surface area contributed by atoms with E-state index in [9.17, 15) is 4.79 Å². The van der Waals surface area contributed by atoms with Crippen molar-refractivity contribution in [1.82, 2.24) is 4.90 Å². The second kappa shape index (κ2) is 7.12. The van der Waals surface area contributed by atoms with Gasteiger partial charge in [-0.1, -0.05) is 0 Å². The number of piperidine rings is 1. The van der Waals surface area contributed by atoms with Crippen molar-refractivity contribution in [2.24, 2.45) is 11.8 Å². The molecule has 0 aromatic carbocycles. The van der Waals surface area contributed by atoms with Crippen LogP contribution in [-0.4, -0.2) is 44.0 Å². The van der Waals surface area contributed by atoms with Gasteiger partial charge in [-0.15, -0.1) is 0 Å². The number of hydrogen-bond acceptors (Lipinski definition) is 3. The Morgan fingerprint density at radius 3 is 2.47 bits per heavy atom. The first-order valence-electron chi connectivity index (χ1n) is 7.06. The van der Waals surface area contributed by atoms with Gasteiger partial charge in [0.25, 0.3) is 0 Å².